The topological polar surface area (TPSA) is 27.7 Å². The molecule has 108 valence electrons. The van der Waals surface area contributed by atoms with Crippen LogP contribution in [0, 0.1) is 5.82 Å². The monoisotopic (exact) mass is 306 g/mol. The van der Waals surface area contributed by atoms with Crippen molar-refractivity contribution < 1.29 is 17.7 Å². The lowest BCUT2D eigenvalue weighted by Crippen LogP contribution is -2.48. The summed E-state index contributed by atoms with van der Waals surface area (Å²) in [7, 11) is -2.87. The van der Waals surface area contributed by atoms with Crippen LogP contribution >= 0.6 is 11.6 Å². The first-order valence-electron chi connectivity index (χ1n) is 6.42. The van der Waals surface area contributed by atoms with Gasteiger partial charge in [0.1, 0.15) is 5.82 Å². The third-order valence-corrected chi connectivity index (χ3v) is 5.75. The van der Waals surface area contributed by atoms with Crippen LogP contribution in [-0.2, 0) is 19.3 Å². The van der Waals surface area contributed by atoms with E-state index >= 15 is 0 Å². The van der Waals surface area contributed by atoms with Crippen LogP contribution in [0.1, 0.15) is 26.3 Å². The molecule has 0 aliphatic rings. The van der Waals surface area contributed by atoms with Crippen molar-refractivity contribution in [2.24, 2.45) is 0 Å². The van der Waals surface area contributed by atoms with Gasteiger partial charge in [-0.15, -0.1) is 0 Å². The fraction of sp³-hybridized carbons (Fsp3) is 0.538. The van der Waals surface area contributed by atoms with Gasteiger partial charge in [0.25, 0.3) is 0 Å². The molecule has 0 aliphatic heterocycles. The number of rotatable bonds is 8. The van der Waals surface area contributed by atoms with Gasteiger partial charge in [-0.3, -0.25) is 0 Å². The number of halogens is 2. The molecule has 0 saturated heterocycles. The minimum absolute atomic E-state index is 0.311. The van der Waals surface area contributed by atoms with Crippen molar-refractivity contribution in [3.8, 4) is 0 Å². The van der Waals surface area contributed by atoms with E-state index in [0.717, 1.165) is 0 Å². The second-order valence-corrected chi connectivity index (χ2v) is 6.92. The van der Waals surface area contributed by atoms with Crippen molar-refractivity contribution in [3.05, 3.63) is 34.6 Å². The van der Waals surface area contributed by atoms with Gasteiger partial charge in [-0.1, -0.05) is 17.7 Å². The summed E-state index contributed by atoms with van der Waals surface area (Å²) in [5.74, 6) is -0.358. The quantitative estimate of drug-likeness (QED) is 0.687. The van der Waals surface area contributed by atoms with Crippen LogP contribution in [0.15, 0.2) is 18.2 Å². The Morgan fingerprint density at radius 2 is 1.58 bits per heavy atom. The molecule has 3 nitrogen and oxygen atoms in total. The van der Waals surface area contributed by atoms with E-state index in [0.29, 0.717) is 36.5 Å². The summed E-state index contributed by atoms with van der Waals surface area (Å²) in [6.45, 7) is 7.04. The Morgan fingerprint density at radius 3 is 2.00 bits per heavy atom. The van der Waals surface area contributed by atoms with Gasteiger partial charge < -0.3 is 13.3 Å². The predicted molar refractivity (Wildman–Crippen MR) is 75.7 cm³/mol. The molecule has 0 saturated carbocycles. The van der Waals surface area contributed by atoms with Gasteiger partial charge in [0.15, 0.2) is 0 Å². The van der Waals surface area contributed by atoms with Gasteiger partial charge in [-0.25, -0.2) is 4.39 Å². The number of hydrogen-bond acceptors (Lipinski definition) is 3. The number of hydrogen-bond donors (Lipinski definition) is 0. The third-order valence-electron chi connectivity index (χ3n) is 2.51. The molecule has 0 radical (unpaired) electrons. The molecule has 0 N–H and O–H groups in total. The summed E-state index contributed by atoms with van der Waals surface area (Å²) in [6, 6.07) is 4.91. The Morgan fingerprint density at radius 1 is 1.05 bits per heavy atom. The number of benzene rings is 1. The highest BCUT2D eigenvalue weighted by Gasteiger charge is 2.41. The van der Waals surface area contributed by atoms with Crippen LogP contribution in [0.25, 0.3) is 0 Å². The van der Waals surface area contributed by atoms with E-state index in [-0.39, 0.29) is 5.82 Å². The van der Waals surface area contributed by atoms with Crippen LogP contribution in [0.4, 0.5) is 4.39 Å². The molecule has 0 bridgehead atoms. The molecule has 0 fully saturated rings. The molecule has 1 rings (SSSR count). The van der Waals surface area contributed by atoms with E-state index in [2.05, 4.69) is 0 Å². The molecule has 0 atom stereocenters. The highest BCUT2D eigenvalue weighted by atomic mass is 35.5. The maximum Gasteiger partial charge on any atom is 0.505 e. The van der Waals surface area contributed by atoms with Crippen molar-refractivity contribution in [1.29, 1.82) is 0 Å². The van der Waals surface area contributed by atoms with Gasteiger partial charge in [-0.2, -0.15) is 0 Å². The summed E-state index contributed by atoms with van der Waals surface area (Å²) in [6.07, 6.45) is 0. The first-order chi connectivity index (χ1) is 9.06. The van der Waals surface area contributed by atoms with Gasteiger partial charge in [0, 0.05) is 30.9 Å². The minimum atomic E-state index is -2.87. The highest BCUT2D eigenvalue weighted by molar-refractivity contribution is 6.60. The summed E-state index contributed by atoms with van der Waals surface area (Å²) >= 11 is 5.75. The fourth-order valence-electron chi connectivity index (χ4n) is 1.84. The summed E-state index contributed by atoms with van der Waals surface area (Å²) < 4.78 is 31.0. The fourth-order valence-corrected chi connectivity index (χ4v) is 4.62. The second-order valence-electron chi connectivity index (χ2n) is 3.89. The molecule has 0 aromatic heterocycles. The standard InChI is InChI=1S/C13H20ClFO3Si/c1-4-16-19(17-5-2,18-6-3)10-11-7-8-12(14)9-13(11)15/h7-9H,4-6,10H2,1-3H3. The largest absolute Gasteiger partial charge is 0.505 e. The van der Waals surface area contributed by atoms with Crippen LogP contribution in [0.5, 0.6) is 0 Å². The normalized spacial score (nSPS) is 11.8. The van der Waals surface area contributed by atoms with Gasteiger partial charge in [-0.05, 0) is 38.5 Å². The van der Waals surface area contributed by atoms with Crippen molar-refractivity contribution in [2.75, 3.05) is 19.8 Å². The Hall–Kier alpha value is -0.463. The van der Waals surface area contributed by atoms with Gasteiger partial charge in [0.05, 0.1) is 0 Å². The molecule has 1 aromatic rings. The molecular formula is C13H20ClFO3Si. The van der Waals surface area contributed by atoms with E-state index in [1.54, 1.807) is 12.1 Å². The van der Waals surface area contributed by atoms with E-state index in [4.69, 9.17) is 24.9 Å². The SMILES string of the molecule is CCO[Si](Cc1ccc(Cl)cc1F)(OCC)OCC. The average molecular weight is 307 g/mol. The van der Waals surface area contributed by atoms with Crippen LogP contribution in [0.3, 0.4) is 0 Å². The van der Waals surface area contributed by atoms with E-state index in [1.165, 1.54) is 6.07 Å². The molecule has 0 amide bonds. The molecule has 1 aromatic carbocycles. The zero-order valence-corrected chi connectivity index (χ0v) is 13.3. The summed E-state index contributed by atoms with van der Waals surface area (Å²) in [5, 5.41) is 0.373. The van der Waals surface area contributed by atoms with Crippen LogP contribution < -0.4 is 0 Å². The molecule has 0 heterocycles. The third kappa shape index (κ3) is 4.85. The van der Waals surface area contributed by atoms with Gasteiger partial charge in [0.2, 0.25) is 0 Å². The van der Waals surface area contributed by atoms with E-state index in [9.17, 15) is 4.39 Å². The molecule has 0 spiro atoms. The lowest BCUT2D eigenvalue weighted by Gasteiger charge is -2.28. The van der Waals surface area contributed by atoms with Crippen molar-refractivity contribution in [1.82, 2.24) is 0 Å². The first-order valence-corrected chi connectivity index (χ1v) is 8.73. The minimum Gasteiger partial charge on any atom is -0.374 e. The highest BCUT2D eigenvalue weighted by Crippen LogP contribution is 2.21. The zero-order chi connectivity index (χ0) is 14.3. The van der Waals surface area contributed by atoms with Crippen molar-refractivity contribution in [2.45, 2.75) is 26.8 Å². The summed E-state index contributed by atoms with van der Waals surface area (Å²) in [5.41, 5.74) is 0.506. The molecule has 0 aliphatic carbocycles. The van der Waals surface area contributed by atoms with E-state index in [1.807, 2.05) is 20.8 Å². The van der Waals surface area contributed by atoms with Crippen molar-refractivity contribution >= 4 is 20.4 Å². The van der Waals surface area contributed by atoms with Crippen molar-refractivity contribution in [3.63, 3.8) is 0 Å². The lowest BCUT2D eigenvalue weighted by atomic mass is 10.2. The smallest absolute Gasteiger partial charge is 0.374 e. The first kappa shape index (κ1) is 16.6. The Kier molecular flexibility index (Phi) is 6.96. The maximum atomic E-state index is 13.9. The Bertz CT molecular complexity index is 386. The summed E-state index contributed by atoms with van der Waals surface area (Å²) in [4.78, 5) is 0. The predicted octanol–water partition coefficient (Wildman–Crippen LogP) is 3.61. The molecule has 6 heteroatoms. The van der Waals surface area contributed by atoms with E-state index < -0.39 is 8.80 Å². The Labute approximate surface area is 120 Å². The van der Waals surface area contributed by atoms with Crippen LogP contribution in [-0.4, -0.2) is 28.6 Å². The zero-order valence-electron chi connectivity index (χ0n) is 11.5. The second kappa shape index (κ2) is 7.97. The lowest BCUT2D eigenvalue weighted by molar-refractivity contribution is 0.0701. The molecule has 19 heavy (non-hydrogen) atoms. The molecule has 0 unspecified atom stereocenters. The Balaban J connectivity index is 2.97. The van der Waals surface area contributed by atoms with Gasteiger partial charge >= 0.3 is 8.80 Å². The molecular weight excluding hydrogens is 287 g/mol. The van der Waals surface area contributed by atoms with Crippen LogP contribution in [0.2, 0.25) is 5.02 Å². The average Bonchev–Trinajstić information content (AvgIpc) is 2.34. The maximum absolute atomic E-state index is 13.9.